The van der Waals surface area contributed by atoms with Crippen molar-refractivity contribution in [2.75, 3.05) is 19.8 Å². The van der Waals surface area contributed by atoms with Gasteiger partial charge in [0.2, 0.25) is 0 Å². The first-order chi connectivity index (χ1) is 9.13. The van der Waals surface area contributed by atoms with Gasteiger partial charge in [-0.2, -0.15) is 0 Å². The van der Waals surface area contributed by atoms with E-state index in [4.69, 9.17) is 15.6 Å². The molecule has 0 aliphatic carbocycles. The van der Waals surface area contributed by atoms with E-state index in [1.54, 1.807) is 0 Å². The minimum Gasteiger partial charge on any atom is -0.494 e. The van der Waals surface area contributed by atoms with Gasteiger partial charge >= 0.3 is 0 Å². The third kappa shape index (κ3) is 5.59. The van der Waals surface area contributed by atoms with Gasteiger partial charge in [-0.25, -0.2) is 0 Å². The number of rotatable bonds is 9. The molecule has 4 N–H and O–H groups in total. The third-order valence-corrected chi connectivity index (χ3v) is 3.42. The molecule has 4 heteroatoms. The Labute approximate surface area is 115 Å². The van der Waals surface area contributed by atoms with E-state index in [2.05, 4.69) is 0 Å². The average molecular weight is 267 g/mol. The largest absolute Gasteiger partial charge is 0.494 e. The fourth-order valence-corrected chi connectivity index (χ4v) is 1.90. The van der Waals surface area contributed by atoms with Crippen LogP contribution in [0.1, 0.15) is 31.7 Å². The van der Waals surface area contributed by atoms with Crippen LogP contribution in [0.4, 0.5) is 0 Å². The van der Waals surface area contributed by atoms with E-state index in [1.165, 1.54) is 0 Å². The van der Waals surface area contributed by atoms with E-state index in [0.717, 1.165) is 17.7 Å². The zero-order chi connectivity index (χ0) is 14.1. The maximum absolute atomic E-state index is 10.0. The van der Waals surface area contributed by atoms with Crippen LogP contribution < -0.4 is 10.5 Å². The molecule has 19 heavy (non-hydrogen) atoms. The first-order valence-corrected chi connectivity index (χ1v) is 6.88. The lowest BCUT2D eigenvalue weighted by atomic mass is 9.95. The fraction of sp³-hybridized carbons (Fsp3) is 0.600. The number of ether oxygens (including phenoxy) is 1. The molecule has 0 heterocycles. The second-order valence-corrected chi connectivity index (χ2v) is 4.85. The van der Waals surface area contributed by atoms with Crippen molar-refractivity contribution in [3.8, 4) is 5.75 Å². The summed E-state index contributed by atoms with van der Waals surface area (Å²) in [5, 5.41) is 18.8. The van der Waals surface area contributed by atoms with Gasteiger partial charge in [-0.05, 0) is 43.4 Å². The van der Waals surface area contributed by atoms with Crippen molar-refractivity contribution in [3.05, 3.63) is 29.8 Å². The van der Waals surface area contributed by atoms with Crippen LogP contribution in [0.25, 0.3) is 0 Å². The number of nitrogens with two attached hydrogens (primary N) is 1. The summed E-state index contributed by atoms with van der Waals surface area (Å²) in [5.74, 6) is 0.814. The molecule has 0 fully saturated rings. The van der Waals surface area contributed by atoms with Crippen LogP contribution in [0.5, 0.6) is 5.75 Å². The molecule has 1 aromatic carbocycles. The van der Waals surface area contributed by atoms with E-state index >= 15 is 0 Å². The summed E-state index contributed by atoms with van der Waals surface area (Å²) in [5.41, 5.74) is 5.88. The lowest BCUT2D eigenvalue weighted by Crippen LogP contribution is -2.37. The molecule has 4 nitrogen and oxygen atoms in total. The highest BCUT2D eigenvalue weighted by molar-refractivity contribution is 5.27. The van der Waals surface area contributed by atoms with Gasteiger partial charge in [0.1, 0.15) is 5.75 Å². The molecule has 1 aromatic rings. The Bertz CT molecular complexity index is 347. The van der Waals surface area contributed by atoms with Crippen molar-refractivity contribution < 1.29 is 14.9 Å². The smallest absolute Gasteiger partial charge is 0.119 e. The number of aliphatic hydroxyl groups is 2. The Morgan fingerprint density at radius 3 is 2.47 bits per heavy atom. The molecule has 0 bridgehead atoms. The van der Waals surface area contributed by atoms with Crippen molar-refractivity contribution in [2.45, 2.75) is 38.2 Å². The molecule has 0 spiro atoms. The van der Waals surface area contributed by atoms with Crippen LogP contribution in [-0.2, 0) is 6.42 Å². The van der Waals surface area contributed by atoms with E-state index < -0.39 is 5.60 Å². The summed E-state index contributed by atoms with van der Waals surface area (Å²) >= 11 is 0. The summed E-state index contributed by atoms with van der Waals surface area (Å²) in [6.45, 7) is 2.96. The first kappa shape index (κ1) is 16.0. The number of aliphatic hydroxyl groups excluding tert-OH is 1. The molecule has 1 atom stereocenters. The van der Waals surface area contributed by atoms with Crippen LogP contribution in [0.15, 0.2) is 24.3 Å². The number of hydrogen-bond acceptors (Lipinski definition) is 4. The lowest BCUT2D eigenvalue weighted by Gasteiger charge is -2.24. The first-order valence-electron chi connectivity index (χ1n) is 6.88. The molecule has 0 aliphatic rings. The summed E-state index contributed by atoms with van der Waals surface area (Å²) in [7, 11) is 0. The molecule has 0 amide bonds. The zero-order valence-corrected chi connectivity index (χ0v) is 11.6. The van der Waals surface area contributed by atoms with Gasteiger partial charge in [-0.15, -0.1) is 0 Å². The van der Waals surface area contributed by atoms with Crippen LogP contribution >= 0.6 is 0 Å². The van der Waals surface area contributed by atoms with Crippen LogP contribution in [0.3, 0.4) is 0 Å². The Kier molecular flexibility index (Phi) is 6.84. The van der Waals surface area contributed by atoms with Gasteiger partial charge in [0.15, 0.2) is 0 Å². The van der Waals surface area contributed by atoms with Gasteiger partial charge in [-0.1, -0.05) is 19.1 Å². The summed E-state index contributed by atoms with van der Waals surface area (Å²) in [4.78, 5) is 0. The predicted octanol–water partition coefficient (Wildman–Crippen LogP) is 1.48. The molecule has 0 aliphatic heterocycles. The summed E-state index contributed by atoms with van der Waals surface area (Å²) < 4.78 is 5.61. The molecule has 0 radical (unpaired) electrons. The van der Waals surface area contributed by atoms with Crippen LogP contribution in [0, 0.1) is 0 Å². The molecule has 0 saturated carbocycles. The molecule has 108 valence electrons. The third-order valence-electron chi connectivity index (χ3n) is 3.42. The summed E-state index contributed by atoms with van der Waals surface area (Å²) in [6, 6.07) is 7.71. The van der Waals surface area contributed by atoms with Gasteiger partial charge in [0.25, 0.3) is 0 Å². The highest BCUT2D eigenvalue weighted by atomic mass is 16.5. The Morgan fingerprint density at radius 1 is 1.26 bits per heavy atom. The molecule has 0 aromatic heterocycles. The Morgan fingerprint density at radius 2 is 1.95 bits per heavy atom. The Hall–Kier alpha value is -1.10. The van der Waals surface area contributed by atoms with Crippen molar-refractivity contribution >= 4 is 0 Å². The molecule has 1 rings (SSSR count). The van der Waals surface area contributed by atoms with Crippen molar-refractivity contribution in [1.29, 1.82) is 0 Å². The minimum atomic E-state index is -0.756. The molecular formula is C15H25NO3. The normalized spacial score (nSPS) is 14.1. The van der Waals surface area contributed by atoms with Crippen molar-refractivity contribution in [2.24, 2.45) is 5.73 Å². The summed E-state index contributed by atoms with van der Waals surface area (Å²) in [6.07, 6.45) is 2.77. The molecular weight excluding hydrogens is 242 g/mol. The van der Waals surface area contributed by atoms with E-state index in [1.807, 2.05) is 31.2 Å². The van der Waals surface area contributed by atoms with E-state index in [0.29, 0.717) is 32.4 Å². The lowest BCUT2D eigenvalue weighted by molar-refractivity contribution is 0.0309. The number of benzene rings is 1. The topological polar surface area (TPSA) is 75.7 Å². The SMILES string of the molecule is CCC(O)(CN)CCCOc1ccc(CCO)cc1. The van der Waals surface area contributed by atoms with Gasteiger partial charge in [0, 0.05) is 13.2 Å². The Balaban J connectivity index is 2.29. The van der Waals surface area contributed by atoms with Crippen molar-refractivity contribution in [1.82, 2.24) is 0 Å². The maximum atomic E-state index is 10.0. The maximum Gasteiger partial charge on any atom is 0.119 e. The second-order valence-electron chi connectivity index (χ2n) is 4.85. The fourth-order valence-electron chi connectivity index (χ4n) is 1.90. The number of hydrogen-bond donors (Lipinski definition) is 3. The highest BCUT2D eigenvalue weighted by Crippen LogP contribution is 2.17. The second kappa shape index (κ2) is 8.15. The highest BCUT2D eigenvalue weighted by Gasteiger charge is 2.21. The zero-order valence-electron chi connectivity index (χ0n) is 11.6. The quantitative estimate of drug-likeness (QED) is 0.592. The van der Waals surface area contributed by atoms with Gasteiger partial charge in [0.05, 0.1) is 12.2 Å². The standard InChI is InChI=1S/C15H25NO3/c1-2-15(18,12-16)9-3-11-19-14-6-4-13(5-7-14)8-10-17/h4-7,17-18H,2-3,8-12,16H2,1H3. The average Bonchev–Trinajstić information content (AvgIpc) is 2.45. The van der Waals surface area contributed by atoms with Gasteiger partial charge < -0.3 is 20.7 Å². The monoisotopic (exact) mass is 267 g/mol. The predicted molar refractivity (Wildman–Crippen MR) is 76.3 cm³/mol. The van der Waals surface area contributed by atoms with Crippen LogP contribution in [0.2, 0.25) is 0 Å². The minimum absolute atomic E-state index is 0.162. The van der Waals surface area contributed by atoms with Crippen molar-refractivity contribution in [3.63, 3.8) is 0 Å². The molecule has 1 unspecified atom stereocenters. The van der Waals surface area contributed by atoms with Gasteiger partial charge in [-0.3, -0.25) is 0 Å². The van der Waals surface area contributed by atoms with E-state index in [9.17, 15) is 5.11 Å². The molecule has 0 saturated heterocycles. The van der Waals surface area contributed by atoms with Crippen LogP contribution in [-0.4, -0.2) is 35.6 Å². The van der Waals surface area contributed by atoms with E-state index in [-0.39, 0.29) is 6.61 Å².